The summed E-state index contributed by atoms with van der Waals surface area (Å²) in [4.78, 5) is 27.9. The number of likely N-dealkylation sites (tertiary alicyclic amines) is 1. The lowest BCUT2D eigenvalue weighted by Crippen LogP contribution is -2.51. The minimum Gasteiger partial charge on any atom is -0.487 e. The number of para-hydroxylation sites is 1. The van der Waals surface area contributed by atoms with E-state index in [1.54, 1.807) is 0 Å². The average molecular weight is 461 g/mol. The highest BCUT2D eigenvalue weighted by Gasteiger charge is 2.43. The number of hydrogen-bond donors (Lipinski definition) is 1. The molecule has 3 aliphatic rings. The molecule has 2 aromatic carbocycles. The third-order valence-electron chi connectivity index (χ3n) is 7.19. The highest BCUT2D eigenvalue weighted by Crippen LogP contribution is 2.44. The highest BCUT2D eigenvalue weighted by atomic mass is 16.5. The van der Waals surface area contributed by atoms with Crippen molar-refractivity contribution in [2.75, 3.05) is 26.7 Å². The number of nitrogens with zero attached hydrogens (tertiary/aromatic N) is 3. The van der Waals surface area contributed by atoms with Crippen molar-refractivity contribution in [2.24, 2.45) is 5.10 Å². The summed E-state index contributed by atoms with van der Waals surface area (Å²) in [6, 6.07) is 17.8. The number of nitrogens with one attached hydrogen (secondary N) is 1. The van der Waals surface area contributed by atoms with Gasteiger partial charge in [0, 0.05) is 44.3 Å². The van der Waals surface area contributed by atoms with E-state index < -0.39 is 0 Å². The molecule has 5 rings (SSSR count). The van der Waals surface area contributed by atoms with E-state index in [0.29, 0.717) is 6.54 Å². The maximum Gasteiger partial charge on any atom is 0.243 e. The molecule has 0 radical (unpaired) electrons. The van der Waals surface area contributed by atoms with Gasteiger partial charge in [0.2, 0.25) is 11.8 Å². The number of ether oxygens (including phenoxy) is 1. The Morgan fingerprint density at radius 3 is 2.56 bits per heavy atom. The number of carbonyl (C=O) groups excluding carboxylic acids is 2. The van der Waals surface area contributed by atoms with Crippen LogP contribution >= 0.6 is 0 Å². The fraction of sp³-hybridized carbons (Fsp3) is 0.444. The molecule has 34 heavy (non-hydrogen) atoms. The third-order valence-corrected chi connectivity index (χ3v) is 7.19. The number of carbonyl (C=O) groups is 2. The normalized spacial score (nSPS) is 21.5. The molecule has 3 heterocycles. The Hall–Kier alpha value is -3.19. The van der Waals surface area contributed by atoms with E-state index in [2.05, 4.69) is 22.4 Å². The summed E-state index contributed by atoms with van der Waals surface area (Å²) in [6.45, 7) is 2.53. The fourth-order valence-corrected chi connectivity index (χ4v) is 5.17. The average Bonchev–Trinajstić information content (AvgIpc) is 3.36. The van der Waals surface area contributed by atoms with E-state index in [4.69, 9.17) is 4.74 Å². The fourth-order valence-electron chi connectivity index (χ4n) is 5.17. The molecule has 7 heteroatoms. The molecular formula is C27H32N4O3. The zero-order chi connectivity index (χ0) is 23.5. The summed E-state index contributed by atoms with van der Waals surface area (Å²) in [5.74, 6) is 0.643. The first-order chi connectivity index (χ1) is 16.5. The van der Waals surface area contributed by atoms with E-state index in [1.807, 2.05) is 54.6 Å². The van der Waals surface area contributed by atoms with Crippen LogP contribution in [0, 0.1) is 0 Å². The SMILES string of the molecule is CN1CCC2(CC1)CC(NC(=O)CCC(=O)N1CCC(c3ccccc3)=N1)c1ccccc1O2. The summed E-state index contributed by atoms with van der Waals surface area (Å²) in [6.07, 6.45) is 3.68. The van der Waals surface area contributed by atoms with Gasteiger partial charge in [-0.2, -0.15) is 5.10 Å². The van der Waals surface area contributed by atoms with Crippen molar-refractivity contribution in [2.45, 2.75) is 50.2 Å². The second-order valence-corrected chi connectivity index (χ2v) is 9.63. The van der Waals surface area contributed by atoms with Crippen LogP contribution in [0.1, 0.15) is 55.7 Å². The van der Waals surface area contributed by atoms with Crippen molar-refractivity contribution in [1.82, 2.24) is 15.2 Å². The van der Waals surface area contributed by atoms with Gasteiger partial charge < -0.3 is 15.0 Å². The zero-order valence-corrected chi connectivity index (χ0v) is 19.7. The van der Waals surface area contributed by atoms with E-state index in [1.165, 1.54) is 5.01 Å². The minimum absolute atomic E-state index is 0.106. The van der Waals surface area contributed by atoms with Gasteiger partial charge in [-0.1, -0.05) is 48.5 Å². The van der Waals surface area contributed by atoms with Crippen LogP contribution in [0.3, 0.4) is 0 Å². The van der Waals surface area contributed by atoms with Gasteiger partial charge in [0.1, 0.15) is 11.4 Å². The predicted octanol–water partition coefficient (Wildman–Crippen LogP) is 3.51. The van der Waals surface area contributed by atoms with Crippen molar-refractivity contribution in [3.63, 3.8) is 0 Å². The van der Waals surface area contributed by atoms with Crippen molar-refractivity contribution >= 4 is 17.5 Å². The molecule has 1 N–H and O–H groups in total. The van der Waals surface area contributed by atoms with Gasteiger partial charge in [-0.15, -0.1) is 0 Å². The number of piperidine rings is 1. The van der Waals surface area contributed by atoms with Crippen LogP contribution in [0.25, 0.3) is 0 Å². The first-order valence-electron chi connectivity index (χ1n) is 12.2. The molecular weight excluding hydrogens is 428 g/mol. The molecule has 0 aromatic heterocycles. The molecule has 178 valence electrons. The molecule has 1 spiro atoms. The van der Waals surface area contributed by atoms with Crippen LogP contribution in [-0.4, -0.2) is 59.7 Å². The van der Waals surface area contributed by atoms with E-state index in [-0.39, 0.29) is 36.3 Å². The van der Waals surface area contributed by atoms with Gasteiger partial charge in [0.25, 0.3) is 0 Å². The van der Waals surface area contributed by atoms with Crippen molar-refractivity contribution in [1.29, 1.82) is 0 Å². The molecule has 2 aromatic rings. The maximum absolute atomic E-state index is 12.9. The van der Waals surface area contributed by atoms with Crippen LogP contribution in [0.15, 0.2) is 59.7 Å². The molecule has 1 atom stereocenters. The number of benzene rings is 2. The largest absolute Gasteiger partial charge is 0.487 e. The molecule has 1 fully saturated rings. The number of amides is 2. The predicted molar refractivity (Wildman–Crippen MR) is 131 cm³/mol. The van der Waals surface area contributed by atoms with E-state index >= 15 is 0 Å². The molecule has 0 bridgehead atoms. The second-order valence-electron chi connectivity index (χ2n) is 9.63. The summed E-state index contributed by atoms with van der Waals surface area (Å²) in [5, 5.41) is 9.20. The number of hydrogen-bond acceptors (Lipinski definition) is 5. The molecule has 1 saturated heterocycles. The lowest BCUT2D eigenvalue weighted by Gasteiger charge is -2.46. The zero-order valence-electron chi connectivity index (χ0n) is 19.7. The first kappa shape index (κ1) is 22.6. The van der Waals surface area contributed by atoms with Gasteiger partial charge in [-0.3, -0.25) is 9.59 Å². The standard InChI is InChI=1S/C27H32N4O3/c1-30-17-14-27(15-18-30)19-23(21-9-5-6-10-24(21)34-27)28-25(32)11-12-26(33)31-16-13-22(29-31)20-7-3-2-4-8-20/h2-10,23H,11-19H2,1H3,(H,28,32). The topological polar surface area (TPSA) is 74.2 Å². The van der Waals surface area contributed by atoms with Crippen LogP contribution in [0.2, 0.25) is 0 Å². The first-order valence-corrected chi connectivity index (χ1v) is 12.2. The third kappa shape index (κ3) is 4.85. The van der Waals surface area contributed by atoms with Gasteiger partial charge >= 0.3 is 0 Å². The van der Waals surface area contributed by atoms with Gasteiger partial charge in [0.15, 0.2) is 0 Å². The quantitative estimate of drug-likeness (QED) is 0.741. The minimum atomic E-state index is -0.243. The highest BCUT2D eigenvalue weighted by molar-refractivity contribution is 6.02. The monoisotopic (exact) mass is 460 g/mol. The van der Waals surface area contributed by atoms with Crippen LogP contribution in [0.4, 0.5) is 0 Å². The Labute approximate surface area is 200 Å². The summed E-state index contributed by atoms with van der Waals surface area (Å²) in [7, 11) is 2.13. The van der Waals surface area contributed by atoms with Crippen molar-refractivity contribution < 1.29 is 14.3 Å². The van der Waals surface area contributed by atoms with Gasteiger partial charge in [-0.05, 0) is 31.5 Å². The van der Waals surface area contributed by atoms with E-state index in [0.717, 1.165) is 61.4 Å². The Morgan fingerprint density at radius 1 is 1.03 bits per heavy atom. The lowest BCUT2D eigenvalue weighted by molar-refractivity contribution is -0.133. The second kappa shape index (κ2) is 9.58. The Bertz CT molecular complexity index is 1080. The molecule has 0 saturated carbocycles. The van der Waals surface area contributed by atoms with Crippen molar-refractivity contribution in [3.05, 3.63) is 65.7 Å². The molecule has 1 unspecified atom stereocenters. The smallest absolute Gasteiger partial charge is 0.243 e. The van der Waals surface area contributed by atoms with Crippen LogP contribution < -0.4 is 10.1 Å². The Kier molecular flexibility index (Phi) is 6.37. The van der Waals surface area contributed by atoms with E-state index in [9.17, 15) is 9.59 Å². The summed E-state index contributed by atoms with van der Waals surface area (Å²) in [5.41, 5.74) is 2.73. The lowest BCUT2D eigenvalue weighted by atomic mass is 9.80. The van der Waals surface area contributed by atoms with Crippen LogP contribution in [-0.2, 0) is 9.59 Å². The Balaban J connectivity index is 1.20. The van der Waals surface area contributed by atoms with Gasteiger partial charge in [-0.25, -0.2) is 5.01 Å². The number of fused-ring (bicyclic) bond motifs is 1. The maximum atomic E-state index is 12.9. The number of hydrazone groups is 1. The van der Waals surface area contributed by atoms with Crippen molar-refractivity contribution in [3.8, 4) is 5.75 Å². The molecule has 7 nitrogen and oxygen atoms in total. The molecule has 0 aliphatic carbocycles. The molecule has 3 aliphatic heterocycles. The molecule has 2 amide bonds. The van der Waals surface area contributed by atoms with Crippen LogP contribution in [0.5, 0.6) is 5.75 Å². The summed E-state index contributed by atoms with van der Waals surface area (Å²) < 4.78 is 6.48. The Morgan fingerprint density at radius 2 is 1.76 bits per heavy atom. The van der Waals surface area contributed by atoms with Gasteiger partial charge in [0.05, 0.1) is 18.3 Å². The summed E-state index contributed by atoms with van der Waals surface area (Å²) >= 11 is 0. The number of rotatable bonds is 5.